The van der Waals surface area contributed by atoms with Crippen molar-refractivity contribution >= 4 is 0 Å². The predicted molar refractivity (Wildman–Crippen MR) is 60.2 cm³/mol. The molecule has 2 rings (SSSR count). The van der Waals surface area contributed by atoms with Crippen LogP contribution in [0.5, 0.6) is 0 Å². The fourth-order valence-corrected chi connectivity index (χ4v) is 2.25. The van der Waals surface area contributed by atoms with E-state index in [0.717, 1.165) is 32.8 Å². The lowest BCUT2D eigenvalue weighted by Gasteiger charge is -2.46. The summed E-state index contributed by atoms with van der Waals surface area (Å²) in [6.45, 7) is 9.79. The molecule has 1 N–H and O–H groups in total. The second-order valence-electron chi connectivity index (χ2n) is 4.40. The minimum atomic E-state index is -0.211. The van der Waals surface area contributed by atoms with Crippen LogP contribution in [0.1, 0.15) is 13.8 Å². The summed E-state index contributed by atoms with van der Waals surface area (Å²) >= 11 is 0. The summed E-state index contributed by atoms with van der Waals surface area (Å²) in [4.78, 5) is 2.31. The normalized spacial score (nSPS) is 37.5. The molecule has 0 saturated carbocycles. The zero-order valence-corrected chi connectivity index (χ0v) is 10.2. The highest BCUT2D eigenvalue weighted by atomic mass is 16.7. The number of ether oxygens (including phenoxy) is 3. The van der Waals surface area contributed by atoms with Crippen LogP contribution in [-0.4, -0.2) is 62.9 Å². The lowest BCUT2D eigenvalue weighted by Crippen LogP contribution is -2.62. The maximum atomic E-state index is 5.88. The third kappa shape index (κ3) is 2.73. The Morgan fingerprint density at radius 2 is 2.38 bits per heavy atom. The highest BCUT2D eigenvalue weighted by Gasteiger charge is 2.37. The number of hydrogen-bond donors (Lipinski definition) is 1. The van der Waals surface area contributed by atoms with Crippen LogP contribution >= 0.6 is 0 Å². The molecule has 2 atom stereocenters. The van der Waals surface area contributed by atoms with Crippen LogP contribution in [-0.2, 0) is 14.2 Å². The van der Waals surface area contributed by atoms with Gasteiger partial charge in [0.1, 0.15) is 5.72 Å². The Morgan fingerprint density at radius 1 is 1.50 bits per heavy atom. The second-order valence-corrected chi connectivity index (χ2v) is 4.40. The van der Waals surface area contributed by atoms with E-state index in [4.69, 9.17) is 14.2 Å². The van der Waals surface area contributed by atoms with Crippen molar-refractivity contribution in [2.24, 2.45) is 0 Å². The lowest BCUT2D eigenvalue weighted by atomic mass is 10.1. The van der Waals surface area contributed by atoms with Gasteiger partial charge in [0.15, 0.2) is 6.29 Å². The average Bonchev–Trinajstić information content (AvgIpc) is 2.31. The summed E-state index contributed by atoms with van der Waals surface area (Å²) in [7, 11) is 0. The molecule has 2 fully saturated rings. The standard InChI is InChI=1S/C11H22N2O3/c1-3-14-10-8-13(5-7-15-10)11(2)9-12-4-6-16-11/h10,12H,3-9H2,1-2H3. The van der Waals surface area contributed by atoms with Crippen molar-refractivity contribution in [2.45, 2.75) is 25.9 Å². The lowest BCUT2D eigenvalue weighted by molar-refractivity contribution is -0.236. The van der Waals surface area contributed by atoms with E-state index in [-0.39, 0.29) is 12.0 Å². The van der Waals surface area contributed by atoms with Gasteiger partial charge in [-0.3, -0.25) is 4.90 Å². The fourth-order valence-electron chi connectivity index (χ4n) is 2.25. The van der Waals surface area contributed by atoms with E-state index in [1.807, 2.05) is 6.92 Å². The van der Waals surface area contributed by atoms with E-state index in [2.05, 4.69) is 17.1 Å². The van der Waals surface area contributed by atoms with E-state index in [1.165, 1.54) is 0 Å². The molecule has 16 heavy (non-hydrogen) atoms. The van der Waals surface area contributed by atoms with Crippen LogP contribution in [0.2, 0.25) is 0 Å². The third-order valence-electron chi connectivity index (χ3n) is 3.20. The summed E-state index contributed by atoms with van der Waals surface area (Å²) < 4.78 is 16.9. The minimum absolute atomic E-state index is 0.110. The highest BCUT2D eigenvalue weighted by molar-refractivity contribution is 4.84. The summed E-state index contributed by atoms with van der Waals surface area (Å²) in [5.41, 5.74) is -0.211. The molecular weight excluding hydrogens is 208 g/mol. The van der Waals surface area contributed by atoms with Gasteiger partial charge in [-0.1, -0.05) is 0 Å². The molecule has 0 bridgehead atoms. The van der Waals surface area contributed by atoms with Gasteiger partial charge in [0.2, 0.25) is 0 Å². The first-order chi connectivity index (χ1) is 7.74. The van der Waals surface area contributed by atoms with Gasteiger partial charge < -0.3 is 19.5 Å². The molecule has 5 nitrogen and oxygen atoms in total. The molecule has 0 radical (unpaired) electrons. The van der Waals surface area contributed by atoms with Gasteiger partial charge in [0.25, 0.3) is 0 Å². The predicted octanol–water partition coefficient (Wildman–Crippen LogP) is 0.0172. The van der Waals surface area contributed by atoms with Gasteiger partial charge in [0.05, 0.1) is 19.8 Å². The van der Waals surface area contributed by atoms with Gasteiger partial charge in [0, 0.05) is 26.2 Å². The molecule has 2 unspecified atom stereocenters. The highest BCUT2D eigenvalue weighted by Crippen LogP contribution is 2.21. The van der Waals surface area contributed by atoms with Crippen molar-refractivity contribution in [1.29, 1.82) is 0 Å². The van der Waals surface area contributed by atoms with Crippen LogP contribution in [0.4, 0.5) is 0 Å². The molecule has 0 aromatic carbocycles. The van der Waals surface area contributed by atoms with Crippen molar-refractivity contribution in [1.82, 2.24) is 10.2 Å². The van der Waals surface area contributed by atoms with Crippen LogP contribution in [0, 0.1) is 0 Å². The van der Waals surface area contributed by atoms with E-state index in [1.54, 1.807) is 0 Å². The first-order valence-electron chi connectivity index (χ1n) is 6.07. The first kappa shape index (κ1) is 12.3. The quantitative estimate of drug-likeness (QED) is 0.740. The van der Waals surface area contributed by atoms with E-state index >= 15 is 0 Å². The molecule has 0 aromatic rings. The Hall–Kier alpha value is -0.200. The van der Waals surface area contributed by atoms with Crippen LogP contribution in [0.15, 0.2) is 0 Å². The topological polar surface area (TPSA) is 43.0 Å². The molecule has 2 aliphatic heterocycles. The van der Waals surface area contributed by atoms with E-state index < -0.39 is 0 Å². The Bertz CT molecular complexity index is 217. The number of morpholine rings is 2. The summed E-state index contributed by atoms with van der Waals surface area (Å²) in [5.74, 6) is 0. The third-order valence-corrected chi connectivity index (χ3v) is 3.20. The SMILES string of the molecule is CCOC1CN(C2(C)CNCCO2)CCO1. The van der Waals surface area contributed by atoms with Crippen molar-refractivity contribution in [2.75, 3.05) is 46.0 Å². The minimum Gasteiger partial charge on any atom is -0.358 e. The zero-order valence-electron chi connectivity index (χ0n) is 10.2. The van der Waals surface area contributed by atoms with E-state index in [0.29, 0.717) is 13.2 Å². The average molecular weight is 230 g/mol. The Balaban J connectivity index is 1.92. The number of nitrogens with zero attached hydrogens (tertiary/aromatic N) is 1. The Kier molecular flexibility index (Phi) is 4.16. The molecule has 2 aliphatic rings. The molecule has 0 amide bonds. The van der Waals surface area contributed by atoms with Gasteiger partial charge in [-0.05, 0) is 13.8 Å². The maximum Gasteiger partial charge on any atom is 0.170 e. The number of hydrogen-bond acceptors (Lipinski definition) is 5. The molecule has 2 saturated heterocycles. The summed E-state index contributed by atoms with van der Waals surface area (Å²) in [6.07, 6.45) is -0.110. The molecule has 0 spiro atoms. The van der Waals surface area contributed by atoms with Gasteiger partial charge in [-0.2, -0.15) is 0 Å². The molecule has 0 aromatic heterocycles. The number of rotatable bonds is 3. The van der Waals surface area contributed by atoms with Crippen molar-refractivity contribution < 1.29 is 14.2 Å². The van der Waals surface area contributed by atoms with Crippen molar-refractivity contribution in [3.8, 4) is 0 Å². The van der Waals surface area contributed by atoms with Crippen LogP contribution < -0.4 is 5.32 Å². The monoisotopic (exact) mass is 230 g/mol. The molecule has 2 heterocycles. The maximum absolute atomic E-state index is 5.88. The number of nitrogens with one attached hydrogen (secondary N) is 1. The molecular formula is C11H22N2O3. The van der Waals surface area contributed by atoms with Crippen LogP contribution in [0.3, 0.4) is 0 Å². The zero-order chi connectivity index (χ0) is 11.4. The van der Waals surface area contributed by atoms with Gasteiger partial charge in [-0.25, -0.2) is 0 Å². The smallest absolute Gasteiger partial charge is 0.170 e. The van der Waals surface area contributed by atoms with Gasteiger partial charge >= 0.3 is 0 Å². The van der Waals surface area contributed by atoms with E-state index in [9.17, 15) is 0 Å². The Morgan fingerprint density at radius 3 is 3.06 bits per heavy atom. The van der Waals surface area contributed by atoms with Gasteiger partial charge in [-0.15, -0.1) is 0 Å². The van der Waals surface area contributed by atoms with Crippen molar-refractivity contribution in [3.05, 3.63) is 0 Å². The largest absolute Gasteiger partial charge is 0.358 e. The first-order valence-corrected chi connectivity index (χ1v) is 6.07. The van der Waals surface area contributed by atoms with Crippen LogP contribution in [0.25, 0.3) is 0 Å². The summed E-state index contributed by atoms with van der Waals surface area (Å²) in [6, 6.07) is 0. The molecule has 5 heteroatoms. The fraction of sp³-hybridized carbons (Fsp3) is 1.00. The van der Waals surface area contributed by atoms with Crippen molar-refractivity contribution in [3.63, 3.8) is 0 Å². The Labute approximate surface area is 97.0 Å². The molecule has 0 aliphatic carbocycles. The second kappa shape index (κ2) is 5.42. The summed E-state index contributed by atoms with van der Waals surface area (Å²) in [5, 5.41) is 3.37. The molecule has 94 valence electrons.